The number of carboxylic acids is 1. The van der Waals surface area contributed by atoms with E-state index in [0.29, 0.717) is 156 Å². The van der Waals surface area contributed by atoms with Crippen molar-refractivity contribution in [1.82, 2.24) is 31.1 Å². The molecule has 1 radical (unpaired) electrons. The number of Topliss-reactive ketones (excluding diaryl/α,β-unsaturated/α-hetero) is 5. The van der Waals surface area contributed by atoms with Crippen molar-refractivity contribution in [1.29, 1.82) is 0 Å². The number of nitrogens with one attached hydrogen (secondary N) is 4. The van der Waals surface area contributed by atoms with E-state index >= 15 is 0 Å². The molecule has 0 spiro atoms. The molecule has 8 rings (SSSR count). The summed E-state index contributed by atoms with van der Waals surface area (Å²) >= 11 is 12.7. The second-order valence-electron chi connectivity index (χ2n) is 31.5. The summed E-state index contributed by atoms with van der Waals surface area (Å²) in [5.41, 5.74) is 8.29. The van der Waals surface area contributed by atoms with E-state index in [4.69, 9.17) is 24.7 Å². The fraction of sp³-hybridized carbons (Fsp3) is 0.600. The summed E-state index contributed by atoms with van der Waals surface area (Å²) in [5, 5.41) is 21.1. The number of hydrogen-bond donors (Lipinski definition) is 6. The zero-order chi connectivity index (χ0) is 83.6. The number of aryl methyl sites for hydroxylation is 2. The summed E-state index contributed by atoms with van der Waals surface area (Å²) in [6, 6.07) is 35.9. The standard InChI is InChI=1S/C42H59N3O7.C23H34N2O5.C19H28N2O3.CH4.I3.3HI.V.Y/c1-29(2)22-36(43-40(49)33(17-16-31-12-8-6-9-13-31)25-35(46)27-45-18-20-51-21-19-45)38(47)26-34(24-32-14-10-7-11-15-32)41(50)44-37(23-30(3)4)39(48)42(5)28-52-42;1-17(2)14-21(23(28)29)24-22(27)19(9-8-18-6-4-3-5-7-18)15-20(26)16-25-10-12-30-13-11-25;1-13(2)9-16(17(22)19(3)12-24-19)21-18(23)15(11-20)10-14-7-5-4-6-8-14;;1-3-2;;;;;/h6-15,29-30,33-34,36-37H,16-28H2,1-5H3,(H,43,49)(H,44,50);3-7,17,19,21H,8-16H2,1-2H3,(H,24,27)(H,28,29);4-8,13,15-16H,9-12,20H2,1-3H3,(H,21,23);1H4;;3*1H;;/q;;;;-1;;;;+3;/p-3/t33-,34-,36+,37+,42-;19-,21+;15-,16+,19-;;;;;;;/m111......./s1. The number of carboxylic acid groups (broad SMARTS) is 1. The first-order valence-corrected chi connectivity index (χ1v) is 65.2. The van der Waals surface area contributed by atoms with Crippen molar-refractivity contribution < 1.29 is 123 Å². The van der Waals surface area contributed by atoms with Crippen molar-refractivity contribution >= 4 is 156 Å². The summed E-state index contributed by atoms with van der Waals surface area (Å²) in [6.45, 7) is 26.1. The van der Waals surface area contributed by atoms with Gasteiger partial charge in [-0.15, -0.1) is 0 Å². The summed E-state index contributed by atoms with van der Waals surface area (Å²) in [5.74, 6) is -4.33. The Labute approximate surface area is 777 Å². The average Bonchev–Trinajstić information content (AvgIpc) is 1.65. The van der Waals surface area contributed by atoms with Gasteiger partial charge in [0.05, 0.1) is 76.8 Å². The van der Waals surface area contributed by atoms with Crippen LogP contribution in [0.4, 0.5) is 0 Å². The molecule has 0 unspecified atom stereocenters. The molecule has 4 aromatic rings. The van der Waals surface area contributed by atoms with Crippen LogP contribution in [0.3, 0.4) is 0 Å². The van der Waals surface area contributed by atoms with Gasteiger partial charge in [-0.2, -0.15) is 0 Å². The number of rotatable bonds is 43. The van der Waals surface area contributed by atoms with Crippen LogP contribution in [0.5, 0.6) is 0 Å². The van der Waals surface area contributed by atoms with Crippen LogP contribution in [0.25, 0.3) is 0 Å². The van der Waals surface area contributed by atoms with Gasteiger partial charge in [0.15, 0.2) is 17.3 Å². The Morgan fingerprint density at radius 2 is 0.748 bits per heavy atom. The number of halogens is 6. The largest absolute Gasteiger partial charge is 0 e. The van der Waals surface area contributed by atoms with Crippen molar-refractivity contribution in [3.05, 3.63) is 144 Å². The number of carbonyl (C=O) groups is 10. The van der Waals surface area contributed by atoms with Crippen LogP contribution in [0.15, 0.2) is 121 Å². The van der Waals surface area contributed by atoms with Gasteiger partial charge in [-0.3, -0.25) is 53.0 Å². The molecule has 115 heavy (non-hydrogen) atoms. The monoisotopic (exact) mass is 2390 g/mol. The minimum Gasteiger partial charge on any atom is 0 e. The van der Waals surface area contributed by atoms with Crippen LogP contribution in [0.2, 0.25) is 0 Å². The van der Waals surface area contributed by atoms with Crippen LogP contribution in [-0.4, -0.2) is 194 Å². The Balaban J connectivity index is 0.000000602. The predicted octanol–water partition coefficient (Wildman–Crippen LogP) is 10.7. The summed E-state index contributed by atoms with van der Waals surface area (Å²) in [7, 11) is 0. The van der Waals surface area contributed by atoms with Gasteiger partial charge in [-0.05, 0) is 124 Å². The average molecular weight is 2390 g/mol. The topological polar surface area (TPSA) is 315 Å². The number of aliphatic carboxylic acids is 1. The van der Waals surface area contributed by atoms with E-state index in [-0.39, 0.29) is 154 Å². The number of ketones is 5. The van der Waals surface area contributed by atoms with E-state index in [1.54, 1.807) is 13.8 Å². The second-order valence-corrected chi connectivity index (χ2v) is 83.1. The van der Waals surface area contributed by atoms with Gasteiger partial charge < -0.3 is 51.1 Å². The molecular formula is C85H125I6N7O15VY-. The third kappa shape index (κ3) is 46.1. The molecule has 7 N–H and O–H groups in total. The molecule has 4 saturated heterocycles. The van der Waals surface area contributed by atoms with Crippen LogP contribution in [0.1, 0.15) is 157 Å². The Bertz CT molecular complexity index is 3510. The number of carbonyl (C=O) groups excluding carboxylic acids is 9. The molecule has 4 aromatic carbocycles. The van der Waals surface area contributed by atoms with Crippen LogP contribution < -0.4 is 40.3 Å². The number of nitrogens with zero attached hydrogens (tertiary/aromatic N) is 2. The molecule has 4 amide bonds. The number of ether oxygens (including phenoxy) is 4. The third-order valence-corrected chi connectivity index (χ3v) is 19.7. The van der Waals surface area contributed by atoms with Crippen LogP contribution in [0, 0.1) is 47.3 Å². The molecule has 641 valence electrons. The Hall–Kier alpha value is -1.63. The minimum atomic E-state index is -1.04. The maximum atomic E-state index is 14.2. The van der Waals surface area contributed by atoms with Crippen LogP contribution in [-0.2, 0) is 130 Å². The summed E-state index contributed by atoms with van der Waals surface area (Å²) in [6.07, 6.45) is 4.98. The number of hydrogen-bond acceptors (Lipinski definition) is 17. The summed E-state index contributed by atoms with van der Waals surface area (Å²) < 4.78 is 21.4. The first-order chi connectivity index (χ1) is 53.7. The van der Waals surface area contributed by atoms with Crippen molar-refractivity contribution in [2.45, 2.75) is 196 Å². The molecule has 4 heterocycles. The quantitative estimate of drug-likeness (QED) is 0.0177. The van der Waals surface area contributed by atoms with Crippen molar-refractivity contribution in [2.24, 2.45) is 53.1 Å². The Morgan fingerprint density at radius 1 is 0.470 bits per heavy atom. The van der Waals surface area contributed by atoms with Crippen molar-refractivity contribution in [3.63, 3.8) is 0 Å². The van der Waals surface area contributed by atoms with Gasteiger partial charge in [0, 0.05) is 102 Å². The fourth-order valence-electron chi connectivity index (χ4n) is 13.3. The SMILES string of the molecule is C.CC(C)C[C@H](NC(=O)[C@@H](CN)Cc1ccccc1)C(=O)[C@@]1(C)CO1.CC(C)C[C@H](NC(=O)[C@H](CCc1ccccc1)CC(=O)CN1CCOCC1)C(=O)C[C@@H](Cc1ccccc1)C(=O)N[C@@H](CC(C)C)C(=O)[C@@]1(C)CO1.CC(C)C[C@H](NC(=O)[C@H](CCc1ccccc1)CC(=O)CN1CCOCC1)C(=O)O.I[I-]I.[I][V]([I])[I].[Y]. The molecular weight excluding hydrogens is 2260 g/mol. The smallest absolute Gasteiger partial charge is 0 e. The zero-order valence-electron chi connectivity index (χ0n) is 67.8. The molecule has 0 aromatic heterocycles. The fourth-order valence-corrected chi connectivity index (χ4v) is 13.3. The van der Waals surface area contributed by atoms with Crippen LogP contribution >= 0.6 is 97.2 Å². The molecule has 30 heteroatoms. The first kappa shape index (κ1) is 109. The van der Waals surface area contributed by atoms with Crippen molar-refractivity contribution in [3.8, 4) is 0 Å². The number of benzene rings is 4. The maximum absolute atomic E-state index is 14.2. The molecule has 0 aliphatic carbocycles. The molecule has 4 fully saturated rings. The van der Waals surface area contributed by atoms with Gasteiger partial charge in [0.2, 0.25) is 23.6 Å². The van der Waals surface area contributed by atoms with Gasteiger partial charge in [-0.1, -0.05) is 184 Å². The number of nitrogens with two attached hydrogens (primary N) is 1. The van der Waals surface area contributed by atoms with Gasteiger partial charge >= 0.3 is 121 Å². The molecule has 22 nitrogen and oxygen atoms in total. The van der Waals surface area contributed by atoms with E-state index in [9.17, 15) is 53.1 Å². The Morgan fingerprint density at radius 3 is 1.06 bits per heavy atom. The molecule has 4 aliphatic heterocycles. The third-order valence-electron chi connectivity index (χ3n) is 19.7. The second kappa shape index (κ2) is 60.0. The summed E-state index contributed by atoms with van der Waals surface area (Å²) in [4.78, 5) is 135. The van der Waals surface area contributed by atoms with E-state index in [0.717, 1.165) is 22.3 Å². The van der Waals surface area contributed by atoms with Gasteiger partial charge in [0.1, 0.15) is 28.8 Å². The van der Waals surface area contributed by atoms with Gasteiger partial charge in [0.25, 0.3) is 0 Å². The number of amides is 4. The predicted molar refractivity (Wildman–Crippen MR) is 485 cm³/mol. The molecule has 0 bridgehead atoms. The van der Waals surface area contributed by atoms with Crippen molar-refractivity contribution in [2.75, 3.05) is 85.5 Å². The van der Waals surface area contributed by atoms with E-state index in [1.165, 1.54) is 0 Å². The van der Waals surface area contributed by atoms with E-state index < -0.39 is 59.1 Å². The normalized spacial score (nSPS) is 18.4. The number of epoxide rings is 2. The molecule has 4 aliphatic rings. The number of morpholine rings is 2. The minimum absolute atomic E-state index is 0. The maximum Gasteiger partial charge on any atom is 0 e. The molecule has 10 atom stereocenters. The molecule has 0 saturated carbocycles. The first-order valence-electron chi connectivity index (χ1n) is 39.2. The van der Waals surface area contributed by atoms with E-state index in [2.05, 4.69) is 123 Å². The Kier molecular flexibility index (Phi) is 57.1. The zero-order valence-corrected chi connectivity index (χ0v) is 85.0. The van der Waals surface area contributed by atoms with Gasteiger partial charge in [-0.25, -0.2) is 4.79 Å². The van der Waals surface area contributed by atoms with E-state index in [1.807, 2.05) is 182 Å².